The lowest BCUT2D eigenvalue weighted by molar-refractivity contribution is -0.112. The lowest BCUT2D eigenvalue weighted by Crippen LogP contribution is -2.48. The average molecular weight is 167 g/mol. The van der Waals surface area contributed by atoms with Crippen molar-refractivity contribution in [1.82, 2.24) is 5.32 Å². The molecule has 12 heavy (non-hydrogen) atoms. The van der Waals surface area contributed by atoms with Gasteiger partial charge in [-0.3, -0.25) is 0 Å². The first-order valence-electron chi connectivity index (χ1n) is 5.10. The van der Waals surface area contributed by atoms with Gasteiger partial charge in [0.25, 0.3) is 0 Å². The first-order valence-corrected chi connectivity index (χ1v) is 5.10. The van der Waals surface area contributed by atoms with Gasteiger partial charge in [0.1, 0.15) is 6.29 Å². The molecular formula is C10H17NO. The van der Waals surface area contributed by atoms with E-state index in [0.717, 1.165) is 18.7 Å². The van der Waals surface area contributed by atoms with Crippen LogP contribution < -0.4 is 5.32 Å². The van der Waals surface area contributed by atoms with E-state index in [1.54, 1.807) is 0 Å². The van der Waals surface area contributed by atoms with Crippen LogP contribution in [0.5, 0.6) is 0 Å². The lowest BCUT2D eigenvalue weighted by atomic mass is 9.72. The Morgan fingerprint density at radius 1 is 1.17 bits per heavy atom. The first-order chi connectivity index (χ1) is 5.92. The number of nitrogens with one attached hydrogen (secondary N) is 1. The predicted molar refractivity (Wildman–Crippen MR) is 47.9 cm³/mol. The third-order valence-corrected chi connectivity index (χ3v) is 3.47. The molecule has 3 atom stereocenters. The van der Waals surface area contributed by atoms with E-state index in [4.69, 9.17) is 0 Å². The van der Waals surface area contributed by atoms with Crippen LogP contribution in [-0.4, -0.2) is 18.9 Å². The van der Waals surface area contributed by atoms with Crippen molar-refractivity contribution >= 4 is 6.29 Å². The fraction of sp³-hybridized carbons (Fsp3) is 0.900. The molecule has 0 spiro atoms. The van der Waals surface area contributed by atoms with Crippen LogP contribution in [0.15, 0.2) is 0 Å². The molecule has 0 aromatic carbocycles. The van der Waals surface area contributed by atoms with Gasteiger partial charge in [0.05, 0.1) is 6.04 Å². The number of carbonyl (C=O) groups is 1. The molecule has 2 heteroatoms. The van der Waals surface area contributed by atoms with Crippen molar-refractivity contribution in [2.75, 3.05) is 6.54 Å². The quantitative estimate of drug-likeness (QED) is 0.597. The molecule has 2 rings (SSSR count). The molecule has 0 bridgehead atoms. The minimum Gasteiger partial charge on any atom is -0.307 e. The maximum atomic E-state index is 10.8. The van der Waals surface area contributed by atoms with Crippen molar-refractivity contribution in [1.29, 1.82) is 0 Å². The summed E-state index contributed by atoms with van der Waals surface area (Å²) >= 11 is 0. The van der Waals surface area contributed by atoms with Gasteiger partial charge in [0.15, 0.2) is 0 Å². The van der Waals surface area contributed by atoms with E-state index < -0.39 is 0 Å². The van der Waals surface area contributed by atoms with E-state index in [9.17, 15) is 4.79 Å². The third kappa shape index (κ3) is 1.40. The summed E-state index contributed by atoms with van der Waals surface area (Å²) in [5, 5.41) is 3.30. The van der Waals surface area contributed by atoms with Gasteiger partial charge in [-0.05, 0) is 31.2 Å². The maximum Gasteiger partial charge on any atom is 0.137 e. The van der Waals surface area contributed by atoms with Crippen molar-refractivity contribution in [2.45, 2.75) is 38.1 Å². The van der Waals surface area contributed by atoms with Crippen molar-refractivity contribution in [2.24, 2.45) is 11.8 Å². The van der Waals surface area contributed by atoms with E-state index >= 15 is 0 Å². The number of fused-ring (bicyclic) bond motifs is 1. The van der Waals surface area contributed by atoms with Crippen LogP contribution in [0.2, 0.25) is 0 Å². The summed E-state index contributed by atoms with van der Waals surface area (Å²) in [7, 11) is 0. The number of hydrogen-bond donors (Lipinski definition) is 1. The van der Waals surface area contributed by atoms with Gasteiger partial charge in [0.2, 0.25) is 0 Å². The molecular weight excluding hydrogens is 150 g/mol. The van der Waals surface area contributed by atoms with Gasteiger partial charge in [0, 0.05) is 0 Å². The smallest absolute Gasteiger partial charge is 0.137 e. The highest BCUT2D eigenvalue weighted by molar-refractivity contribution is 5.58. The minimum atomic E-state index is 0.170. The number of piperidine rings is 1. The molecule has 0 radical (unpaired) electrons. The SMILES string of the molecule is O=C[C@H]1NCC[C@@H]2CCCC[C@@H]21. The second-order valence-electron chi connectivity index (χ2n) is 4.11. The Labute approximate surface area is 73.7 Å². The zero-order chi connectivity index (χ0) is 8.39. The van der Waals surface area contributed by atoms with Gasteiger partial charge in [-0.25, -0.2) is 0 Å². The summed E-state index contributed by atoms with van der Waals surface area (Å²) in [6.07, 6.45) is 7.73. The Kier molecular flexibility index (Phi) is 2.45. The molecule has 1 aliphatic heterocycles. The normalized spacial score (nSPS) is 41.8. The third-order valence-electron chi connectivity index (χ3n) is 3.47. The van der Waals surface area contributed by atoms with Gasteiger partial charge in [-0.15, -0.1) is 0 Å². The minimum absolute atomic E-state index is 0.170. The molecule has 2 nitrogen and oxygen atoms in total. The molecule has 2 aliphatic rings. The number of carbonyl (C=O) groups excluding carboxylic acids is 1. The van der Waals surface area contributed by atoms with Crippen molar-refractivity contribution in [3.8, 4) is 0 Å². The van der Waals surface area contributed by atoms with Crippen molar-refractivity contribution in [3.63, 3.8) is 0 Å². The highest BCUT2D eigenvalue weighted by Crippen LogP contribution is 2.35. The molecule has 0 aromatic rings. The van der Waals surface area contributed by atoms with E-state index in [-0.39, 0.29) is 6.04 Å². The number of rotatable bonds is 1. The van der Waals surface area contributed by atoms with Crippen LogP contribution in [0.25, 0.3) is 0 Å². The van der Waals surface area contributed by atoms with Crippen LogP contribution in [-0.2, 0) is 4.79 Å². The molecule has 1 saturated heterocycles. The van der Waals surface area contributed by atoms with Crippen LogP contribution in [0.3, 0.4) is 0 Å². The second-order valence-corrected chi connectivity index (χ2v) is 4.11. The molecule has 0 unspecified atom stereocenters. The zero-order valence-corrected chi connectivity index (χ0v) is 7.46. The topological polar surface area (TPSA) is 29.1 Å². The van der Waals surface area contributed by atoms with E-state index in [0.29, 0.717) is 5.92 Å². The summed E-state index contributed by atoms with van der Waals surface area (Å²) in [4.78, 5) is 10.8. The Morgan fingerprint density at radius 3 is 2.83 bits per heavy atom. The van der Waals surface area contributed by atoms with E-state index in [1.807, 2.05) is 0 Å². The standard InChI is InChI=1S/C10H17NO/c12-7-10-9-4-2-1-3-8(9)5-6-11-10/h7-11H,1-6H2/t8-,9-,10+/m0/s1. The van der Waals surface area contributed by atoms with Crippen LogP contribution in [0.1, 0.15) is 32.1 Å². The van der Waals surface area contributed by atoms with Gasteiger partial charge in [-0.2, -0.15) is 0 Å². The zero-order valence-electron chi connectivity index (χ0n) is 7.46. The number of hydrogen-bond acceptors (Lipinski definition) is 2. The second kappa shape index (κ2) is 3.56. The summed E-state index contributed by atoms with van der Waals surface area (Å²) in [5.41, 5.74) is 0. The van der Waals surface area contributed by atoms with Crippen LogP contribution in [0, 0.1) is 11.8 Å². The predicted octanol–water partition coefficient (Wildman–Crippen LogP) is 1.35. The maximum absolute atomic E-state index is 10.8. The van der Waals surface area contributed by atoms with Gasteiger partial charge < -0.3 is 10.1 Å². The fourth-order valence-electron chi connectivity index (χ4n) is 2.80. The Hall–Kier alpha value is -0.370. The highest BCUT2D eigenvalue weighted by atomic mass is 16.1. The summed E-state index contributed by atoms with van der Waals surface area (Å²) in [5.74, 6) is 1.50. The Morgan fingerprint density at radius 2 is 2.00 bits per heavy atom. The average Bonchev–Trinajstić information content (AvgIpc) is 2.17. The largest absolute Gasteiger partial charge is 0.307 e. The van der Waals surface area contributed by atoms with Gasteiger partial charge >= 0.3 is 0 Å². The molecule has 68 valence electrons. The van der Waals surface area contributed by atoms with E-state index in [2.05, 4.69) is 5.32 Å². The molecule has 1 saturated carbocycles. The highest BCUT2D eigenvalue weighted by Gasteiger charge is 2.34. The fourth-order valence-corrected chi connectivity index (χ4v) is 2.80. The van der Waals surface area contributed by atoms with E-state index in [1.165, 1.54) is 32.1 Å². The first kappa shape index (κ1) is 8.24. The van der Waals surface area contributed by atoms with Crippen molar-refractivity contribution in [3.05, 3.63) is 0 Å². The number of aldehydes is 1. The molecule has 1 N–H and O–H groups in total. The van der Waals surface area contributed by atoms with Crippen molar-refractivity contribution < 1.29 is 4.79 Å². The molecule has 1 aliphatic carbocycles. The molecule has 0 aromatic heterocycles. The van der Waals surface area contributed by atoms with Crippen LogP contribution >= 0.6 is 0 Å². The monoisotopic (exact) mass is 167 g/mol. The summed E-state index contributed by atoms with van der Waals surface area (Å²) < 4.78 is 0. The molecule has 0 amide bonds. The summed E-state index contributed by atoms with van der Waals surface area (Å²) in [6.45, 7) is 1.05. The lowest BCUT2D eigenvalue weighted by Gasteiger charge is -2.39. The Balaban J connectivity index is 2.03. The van der Waals surface area contributed by atoms with Crippen LogP contribution in [0.4, 0.5) is 0 Å². The Bertz CT molecular complexity index is 167. The van der Waals surface area contributed by atoms with Gasteiger partial charge in [-0.1, -0.05) is 19.3 Å². The molecule has 1 heterocycles. The summed E-state index contributed by atoms with van der Waals surface area (Å²) in [6, 6.07) is 0.170. The molecule has 2 fully saturated rings.